The zero-order valence-corrected chi connectivity index (χ0v) is 18.1. The fraction of sp³-hybridized carbons (Fsp3) is 1.00. The lowest BCUT2D eigenvalue weighted by molar-refractivity contribution is 0.117. The van der Waals surface area contributed by atoms with Crippen LogP contribution in [-0.2, 0) is 0 Å². The number of hydrogen-bond donors (Lipinski definition) is 2. The van der Waals surface area contributed by atoms with Crippen LogP contribution in [-0.4, -0.2) is 16.3 Å². The van der Waals surface area contributed by atoms with Crippen LogP contribution in [0.25, 0.3) is 0 Å². The van der Waals surface area contributed by atoms with Crippen LogP contribution in [0.3, 0.4) is 0 Å². The molecule has 0 fully saturated rings. The van der Waals surface area contributed by atoms with Crippen LogP contribution < -0.4 is 5.32 Å². The molecule has 0 aliphatic heterocycles. The number of thiol groups is 1. The molecule has 0 aromatic carbocycles. The van der Waals surface area contributed by atoms with Crippen LogP contribution in [0.1, 0.15) is 95.4 Å². The molecule has 0 aromatic heterocycles. The number of hydrogen-bond acceptors (Lipinski definition) is 2. The Hall–Kier alpha value is 0.310. The molecule has 0 bridgehead atoms. The molecular formula is C20H43NS. The van der Waals surface area contributed by atoms with Crippen LogP contribution in [0.5, 0.6) is 0 Å². The van der Waals surface area contributed by atoms with E-state index in [4.69, 9.17) is 12.6 Å². The molecule has 0 saturated carbocycles. The minimum atomic E-state index is 0.107. The Morgan fingerprint density at radius 3 is 1.45 bits per heavy atom. The van der Waals surface area contributed by atoms with Gasteiger partial charge in [-0.15, -0.1) is 0 Å². The van der Waals surface area contributed by atoms with Crippen LogP contribution in [0, 0.1) is 16.7 Å². The van der Waals surface area contributed by atoms with E-state index in [9.17, 15) is 0 Å². The summed E-state index contributed by atoms with van der Waals surface area (Å²) in [5, 5.41) is 4.39. The van der Waals surface area contributed by atoms with Crippen molar-refractivity contribution in [2.45, 2.75) is 112 Å². The monoisotopic (exact) mass is 329 g/mol. The van der Waals surface area contributed by atoms with Crippen LogP contribution in [0.4, 0.5) is 0 Å². The van der Waals surface area contributed by atoms with E-state index in [0.29, 0.717) is 16.6 Å². The largest absolute Gasteiger partial charge is 0.307 e. The lowest BCUT2D eigenvalue weighted by Crippen LogP contribution is -2.56. The summed E-state index contributed by atoms with van der Waals surface area (Å²) in [5.74, 6) is 0.690. The second-order valence-corrected chi connectivity index (χ2v) is 10.9. The second kappa shape index (κ2) is 7.47. The third-order valence-electron chi connectivity index (χ3n) is 5.32. The van der Waals surface area contributed by atoms with Gasteiger partial charge >= 0.3 is 0 Å². The summed E-state index contributed by atoms with van der Waals surface area (Å²) in [6.07, 6.45) is 3.43. The van der Waals surface area contributed by atoms with Crippen molar-refractivity contribution in [1.82, 2.24) is 5.32 Å². The molecule has 0 aliphatic rings. The van der Waals surface area contributed by atoms with Crippen LogP contribution in [0.2, 0.25) is 0 Å². The fourth-order valence-electron chi connectivity index (χ4n) is 4.16. The first-order valence-electron chi connectivity index (χ1n) is 9.02. The van der Waals surface area contributed by atoms with E-state index in [-0.39, 0.29) is 16.5 Å². The van der Waals surface area contributed by atoms with Gasteiger partial charge in [-0.2, -0.15) is 12.6 Å². The second-order valence-electron chi connectivity index (χ2n) is 10.3. The van der Waals surface area contributed by atoms with Gasteiger partial charge in [0.2, 0.25) is 0 Å². The summed E-state index contributed by atoms with van der Waals surface area (Å²) in [6, 6.07) is 0. The van der Waals surface area contributed by atoms with E-state index < -0.39 is 0 Å². The Morgan fingerprint density at radius 1 is 0.773 bits per heavy atom. The molecular weight excluding hydrogens is 286 g/mol. The highest BCUT2D eigenvalue weighted by Crippen LogP contribution is 2.39. The lowest BCUT2D eigenvalue weighted by atomic mass is 9.71. The molecule has 1 nitrogen and oxygen atoms in total. The highest BCUT2D eigenvalue weighted by atomic mass is 32.1. The number of rotatable bonds is 9. The number of nitrogens with one attached hydrogen (secondary N) is 1. The highest BCUT2D eigenvalue weighted by Gasteiger charge is 2.38. The van der Waals surface area contributed by atoms with Gasteiger partial charge in [-0.05, 0) is 63.7 Å². The summed E-state index contributed by atoms with van der Waals surface area (Å²) < 4.78 is 0. The lowest BCUT2D eigenvalue weighted by Gasteiger charge is -2.46. The maximum Gasteiger partial charge on any atom is 0.0135 e. The normalized spacial score (nSPS) is 16.2. The smallest absolute Gasteiger partial charge is 0.0135 e. The summed E-state index contributed by atoms with van der Waals surface area (Å²) in [7, 11) is 0. The maximum absolute atomic E-state index is 4.80. The van der Waals surface area contributed by atoms with Crippen molar-refractivity contribution in [3.05, 3.63) is 0 Å². The van der Waals surface area contributed by atoms with Crippen molar-refractivity contribution in [3.63, 3.8) is 0 Å². The average Bonchev–Trinajstić information content (AvgIpc) is 2.22. The Balaban J connectivity index is 4.96. The first-order valence-corrected chi connectivity index (χ1v) is 9.54. The van der Waals surface area contributed by atoms with Gasteiger partial charge in [0.15, 0.2) is 0 Å². The topological polar surface area (TPSA) is 12.0 Å². The predicted molar refractivity (Wildman–Crippen MR) is 106 cm³/mol. The van der Waals surface area contributed by atoms with Crippen molar-refractivity contribution in [1.29, 1.82) is 0 Å². The van der Waals surface area contributed by atoms with Crippen LogP contribution in [0.15, 0.2) is 0 Å². The highest BCUT2D eigenvalue weighted by molar-refractivity contribution is 7.81. The molecule has 22 heavy (non-hydrogen) atoms. The first kappa shape index (κ1) is 22.3. The predicted octanol–water partition coefficient (Wildman–Crippen LogP) is 6.33. The Kier molecular flexibility index (Phi) is 7.57. The molecule has 0 amide bonds. The molecule has 2 heteroatoms. The minimum Gasteiger partial charge on any atom is -0.307 e. The van der Waals surface area contributed by atoms with Gasteiger partial charge in [0, 0.05) is 16.3 Å². The van der Waals surface area contributed by atoms with Crippen molar-refractivity contribution in [2.75, 3.05) is 0 Å². The van der Waals surface area contributed by atoms with E-state index in [1.807, 2.05) is 0 Å². The molecule has 1 unspecified atom stereocenters. The Morgan fingerprint density at radius 2 is 1.14 bits per heavy atom. The van der Waals surface area contributed by atoms with Crippen molar-refractivity contribution in [2.24, 2.45) is 16.7 Å². The molecule has 0 aromatic rings. The summed E-state index contributed by atoms with van der Waals surface area (Å²) in [4.78, 5) is 0. The Labute approximate surface area is 146 Å². The standard InChI is InChI=1S/C20H43NS/c1-12-16(22)18(6,7)14-20(10,11)21-19(8,9)13-17(4,5)15(2)3/h15-16,21-22H,12-14H2,1-11H3. The van der Waals surface area contributed by atoms with E-state index in [1.54, 1.807) is 0 Å². The Bertz CT molecular complexity index is 340. The van der Waals surface area contributed by atoms with E-state index in [1.165, 1.54) is 6.42 Å². The minimum absolute atomic E-state index is 0.107. The van der Waals surface area contributed by atoms with Gasteiger partial charge in [0.05, 0.1) is 0 Å². The summed E-state index contributed by atoms with van der Waals surface area (Å²) in [5.41, 5.74) is 0.817. The summed E-state index contributed by atoms with van der Waals surface area (Å²) in [6.45, 7) is 25.8. The fourth-order valence-corrected chi connectivity index (χ4v) is 4.25. The van der Waals surface area contributed by atoms with Crippen molar-refractivity contribution < 1.29 is 0 Å². The molecule has 1 atom stereocenters. The zero-order valence-electron chi connectivity index (χ0n) is 17.2. The van der Waals surface area contributed by atoms with E-state index in [0.717, 1.165) is 12.8 Å². The molecule has 0 aliphatic carbocycles. The van der Waals surface area contributed by atoms with Crippen molar-refractivity contribution >= 4 is 12.6 Å². The zero-order chi connectivity index (χ0) is 18.0. The third-order valence-corrected chi connectivity index (χ3v) is 6.39. The van der Waals surface area contributed by atoms with Crippen LogP contribution >= 0.6 is 12.6 Å². The molecule has 0 spiro atoms. The molecule has 0 radical (unpaired) electrons. The van der Waals surface area contributed by atoms with Gasteiger partial charge in [0.1, 0.15) is 0 Å². The van der Waals surface area contributed by atoms with Gasteiger partial charge in [0.25, 0.3) is 0 Å². The van der Waals surface area contributed by atoms with Gasteiger partial charge in [-0.25, -0.2) is 0 Å². The first-order chi connectivity index (χ1) is 9.55. The average molecular weight is 330 g/mol. The van der Waals surface area contributed by atoms with Gasteiger partial charge in [-0.1, -0.05) is 48.5 Å². The molecule has 134 valence electrons. The molecule has 0 saturated heterocycles. The third kappa shape index (κ3) is 7.25. The van der Waals surface area contributed by atoms with E-state index in [2.05, 4.69) is 81.5 Å². The molecule has 0 heterocycles. The maximum atomic E-state index is 4.80. The molecule has 0 rings (SSSR count). The van der Waals surface area contributed by atoms with E-state index >= 15 is 0 Å². The van der Waals surface area contributed by atoms with Crippen molar-refractivity contribution in [3.8, 4) is 0 Å². The SMILES string of the molecule is CCC(S)C(C)(C)CC(C)(C)NC(C)(C)CC(C)(C)C(C)C. The summed E-state index contributed by atoms with van der Waals surface area (Å²) >= 11 is 4.80. The van der Waals surface area contributed by atoms with Gasteiger partial charge < -0.3 is 5.32 Å². The molecule has 1 N–H and O–H groups in total. The van der Waals surface area contributed by atoms with Gasteiger partial charge in [-0.3, -0.25) is 0 Å². The quantitative estimate of drug-likeness (QED) is 0.471.